The molecule has 4 N–H and O–H groups in total. The van der Waals surface area contributed by atoms with Gasteiger partial charge in [-0.1, -0.05) is 35.9 Å². The molecule has 3 rings (SSSR count). The van der Waals surface area contributed by atoms with Gasteiger partial charge in [0.25, 0.3) is 5.91 Å². The fourth-order valence-electron chi connectivity index (χ4n) is 2.46. The van der Waals surface area contributed by atoms with E-state index < -0.39 is 17.9 Å². The van der Waals surface area contributed by atoms with Crippen molar-refractivity contribution in [3.05, 3.63) is 59.6 Å². The number of halogens is 1. The fourth-order valence-corrected chi connectivity index (χ4v) is 2.65. The molecule has 0 bridgehead atoms. The number of amides is 2. The minimum Gasteiger partial charge on any atom is -0.368 e. The zero-order valence-corrected chi connectivity index (χ0v) is 13.9. The van der Waals surface area contributed by atoms with Crippen LogP contribution in [0.3, 0.4) is 0 Å². The van der Waals surface area contributed by atoms with Crippen molar-refractivity contribution in [3.63, 3.8) is 0 Å². The molecule has 0 radical (unpaired) electrons. The van der Waals surface area contributed by atoms with Crippen LogP contribution in [0.5, 0.6) is 0 Å². The molecule has 1 atom stereocenters. The van der Waals surface area contributed by atoms with Gasteiger partial charge in [0.05, 0.1) is 11.4 Å². The molecular formula is C17H16ClN5O2. The van der Waals surface area contributed by atoms with Crippen molar-refractivity contribution in [1.82, 2.24) is 5.43 Å². The Hall–Kier alpha value is -3.06. The van der Waals surface area contributed by atoms with Crippen molar-refractivity contribution >= 4 is 40.5 Å². The molecule has 2 aromatic carbocycles. The molecule has 0 aromatic heterocycles. The Morgan fingerprint density at radius 1 is 1.16 bits per heavy atom. The molecule has 2 amide bonds. The zero-order valence-electron chi connectivity index (χ0n) is 13.1. The van der Waals surface area contributed by atoms with Gasteiger partial charge in [0, 0.05) is 11.4 Å². The maximum Gasteiger partial charge on any atom is 0.285 e. The van der Waals surface area contributed by atoms with Gasteiger partial charge in [-0.15, -0.1) is 0 Å². The summed E-state index contributed by atoms with van der Waals surface area (Å²) < 4.78 is 0. The van der Waals surface area contributed by atoms with E-state index >= 15 is 0 Å². The Kier molecular flexibility index (Phi) is 4.85. The second kappa shape index (κ2) is 7.23. The summed E-state index contributed by atoms with van der Waals surface area (Å²) in [5.74, 6) is -0.983. The molecule has 25 heavy (non-hydrogen) atoms. The molecule has 128 valence electrons. The van der Waals surface area contributed by atoms with Gasteiger partial charge < -0.3 is 5.73 Å². The van der Waals surface area contributed by atoms with Crippen molar-refractivity contribution in [3.8, 4) is 0 Å². The maximum absolute atomic E-state index is 12.3. The van der Waals surface area contributed by atoms with Crippen LogP contribution in [0.4, 0.5) is 11.4 Å². The highest BCUT2D eigenvalue weighted by Gasteiger charge is 2.34. The summed E-state index contributed by atoms with van der Waals surface area (Å²) in [5.41, 5.74) is 12.3. The molecule has 0 spiro atoms. The standard InChI is InChI=1S/C17H16ClN5O2/c18-11-5-4-6-12(9-11)20-21-17(25)14-10-15(16(19)24)23(22-14)13-7-2-1-3-8-13/h1-9,15,20H,10H2,(H2,19,24)(H,21,25)/t15-/m0/s1. The molecule has 8 heteroatoms. The van der Waals surface area contributed by atoms with Crippen LogP contribution in [-0.2, 0) is 9.59 Å². The van der Waals surface area contributed by atoms with Gasteiger partial charge in [0.2, 0.25) is 5.91 Å². The number of rotatable bonds is 5. The summed E-state index contributed by atoms with van der Waals surface area (Å²) in [6.07, 6.45) is 0.132. The van der Waals surface area contributed by atoms with Gasteiger partial charge in [-0.05, 0) is 30.3 Å². The predicted octanol–water partition coefficient (Wildman–Crippen LogP) is 1.90. The molecule has 0 aliphatic carbocycles. The van der Waals surface area contributed by atoms with Crippen LogP contribution in [0, 0.1) is 0 Å². The van der Waals surface area contributed by atoms with Gasteiger partial charge in [-0.25, -0.2) is 0 Å². The average Bonchev–Trinajstić information content (AvgIpc) is 3.06. The van der Waals surface area contributed by atoms with Crippen LogP contribution in [0.25, 0.3) is 0 Å². The summed E-state index contributed by atoms with van der Waals surface area (Å²) in [7, 11) is 0. The summed E-state index contributed by atoms with van der Waals surface area (Å²) in [5, 5.41) is 6.27. The van der Waals surface area contributed by atoms with E-state index in [9.17, 15) is 9.59 Å². The van der Waals surface area contributed by atoms with E-state index in [1.165, 1.54) is 5.01 Å². The number of para-hydroxylation sites is 1. The number of hydrogen-bond donors (Lipinski definition) is 3. The number of nitrogens with one attached hydrogen (secondary N) is 2. The third-order valence-corrected chi connectivity index (χ3v) is 3.90. The summed E-state index contributed by atoms with van der Waals surface area (Å²) in [4.78, 5) is 24.0. The predicted molar refractivity (Wildman–Crippen MR) is 97.2 cm³/mol. The molecular weight excluding hydrogens is 342 g/mol. The maximum atomic E-state index is 12.3. The van der Waals surface area contributed by atoms with E-state index in [-0.39, 0.29) is 12.1 Å². The number of anilines is 2. The van der Waals surface area contributed by atoms with Crippen LogP contribution in [0.1, 0.15) is 6.42 Å². The van der Waals surface area contributed by atoms with Crippen molar-refractivity contribution < 1.29 is 9.59 Å². The number of nitrogens with two attached hydrogens (primary N) is 1. The summed E-state index contributed by atoms with van der Waals surface area (Å²) >= 11 is 5.89. The lowest BCUT2D eigenvalue weighted by Gasteiger charge is -2.20. The van der Waals surface area contributed by atoms with Crippen LogP contribution in [0.2, 0.25) is 5.02 Å². The molecule has 0 saturated carbocycles. The highest BCUT2D eigenvalue weighted by atomic mass is 35.5. The first-order valence-electron chi connectivity index (χ1n) is 7.57. The highest BCUT2D eigenvalue weighted by molar-refractivity contribution is 6.40. The first-order chi connectivity index (χ1) is 12.0. The van der Waals surface area contributed by atoms with Crippen molar-refractivity contribution in [2.24, 2.45) is 10.8 Å². The highest BCUT2D eigenvalue weighted by Crippen LogP contribution is 2.24. The topological polar surface area (TPSA) is 99.8 Å². The van der Waals surface area contributed by atoms with E-state index in [2.05, 4.69) is 16.0 Å². The van der Waals surface area contributed by atoms with Crippen LogP contribution < -0.4 is 21.6 Å². The van der Waals surface area contributed by atoms with E-state index in [1.54, 1.807) is 36.4 Å². The van der Waals surface area contributed by atoms with Crippen LogP contribution in [0.15, 0.2) is 59.7 Å². The number of hydrazine groups is 1. The third kappa shape index (κ3) is 3.89. The quantitative estimate of drug-likeness (QED) is 0.711. The van der Waals surface area contributed by atoms with Crippen molar-refractivity contribution in [1.29, 1.82) is 0 Å². The van der Waals surface area contributed by atoms with Gasteiger partial charge in [0.15, 0.2) is 0 Å². The van der Waals surface area contributed by atoms with Gasteiger partial charge in [-0.3, -0.25) is 25.4 Å². The lowest BCUT2D eigenvalue weighted by Crippen LogP contribution is -2.40. The monoisotopic (exact) mass is 357 g/mol. The first kappa shape index (κ1) is 16.8. The second-order valence-corrected chi connectivity index (χ2v) is 5.88. The molecule has 0 saturated heterocycles. The molecule has 0 fully saturated rings. The Morgan fingerprint density at radius 2 is 1.92 bits per heavy atom. The first-order valence-corrected chi connectivity index (χ1v) is 7.95. The van der Waals surface area contributed by atoms with Crippen LogP contribution in [-0.4, -0.2) is 23.6 Å². The number of primary amides is 1. The Labute approximate surface area is 149 Å². The van der Waals surface area contributed by atoms with Gasteiger partial charge in [-0.2, -0.15) is 5.10 Å². The van der Waals surface area contributed by atoms with E-state index in [0.29, 0.717) is 16.4 Å². The van der Waals surface area contributed by atoms with Crippen molar-refractivity contribution in [2.45, 2.75) is 12.5 Å². The SMILES string of the molecule is NC(=O)[C@@H]1CC(C(=O)NNc2cccc(Cl)c2)=NN1c1ccccc1. The lowest BCUT2D eigenvalue weighted by atomic mass is 10.1. The Morgan fingerprint density at radius 3 is 2.60 bits per heavy atom. The minimum atomic E-state index is -0.700. The molecule has 0 unspecified atom stereocenters. The average molecular weight is 358 g/mol. The molecule has 1 heterocycles. The number of hydrogen-bond acceptors (Lipinski definition) is 5. The number of carbonyl (C=O) groups is 2. The molecule has 2 aromatic rings. The van der Waals surface area contributed by atoms with Gasteiger partial charge in [0.1, 0.15) is 11.8 Å². The lowest BCUT2D eigenvalue weighted by molar-refractivity contribution is -0.119. The fraction of sp³-hybridized carbons (Fsp3) is 0.118. The smallest absolute Gasteiger partial charge is 0.285 e. The third-order valence-electron chi connectivity index (χ3n) is 3.67. The Bertz CT molecular complexity index is 825. The summed E-state index contributed by atoms with van der Waals surface area (Å²) in [6.45, 7) is 0. The van der Waals surface area contributed by atoms with E-state index in [0.717, 1.165) is 0 Å². The second-order valence-electron chi connectivity index (χ2n) is 5.44. The number of benzene rings is 2. The minimum absolute atomic E-state index is 0.132. The zero-order chi connectivity index (χ0) is 17.8. The molecule has 1 aliphatic rings. The molecule has 1 aliphatic heterocycles. The van der Waals surface area contributed by atoms with Crippen LogP contribution >= 0.6 is 11.6 Å². The van der Waals surface area contributed by atoms with Gasteiger partial charge >= 0.3 is 0 Å². The summed E-state index contributed by atoms with van der Waals surface area (Å²) in [6, 6.07) is 15.3. The number of carbonyl (C=O) groups excluding carboxylic acids is 2. The van der Waals surface area contributed by atoms with E-state index in [1.807, 2.05) is 18.2 Å². The number of hydrazone groups is 1. The largest absolute Gasteiger partial charge is 0.368 e. The van der Waals surface area contributed by atoms with E-state index in [4.69, 9.17) is 17.3 Å². The molecule has 7 nitrogen and oxygen atoms in total. The van der Waals surface area contributed by atoms with Crippen molar-refractivity contribution in [2.75, 3.05) is 10.4 Å². The number of nitrogens with zero attached hydrogens (tertiary/aromatic N) is 2. The normalized spacial score (nSPS) is 16.3. The Balaban J connectivity index is 1.73.